The Labute approximate surface area is 173 Å². The zero-order valence-electron chi connectivity index (χ0n) is 15.1. The Kier molecular flexibility index (Phi) is 9.85. The molecule has 3 rings (SSSR count). The third kappa shape index (κ3) is 7.46. The quantitative estimate of drug-likeness (QED) is 0.485. The summed E-state index contributed by atoms with van der Waals surface area (Å²) in [5, 5.41) is 5.03. The maximum Gasteiger partial charge on any atom is 2.00 e. The van der Waals surface area contributed by atoms with Gasteiger partial charge in [-0.05, 0) is 25.6 Å². The molecular weight excluding hydrogens is 406 g/mol. The number of halogens is 2. The number of carbonyl (C=O) groups is 2. The monoisotopic (exact) mass is 426 g/mol. The van der Waals surface area contributed by atoms with E-state index in [-0.39, 0.29) is 22.6 Å². The van der Waals surface area contributed by atoms with Crippen molar-refractivity contribution in [1.29, 1.82) is 0 Å². The van der Waals surface area contributed by atoms with E-state index in [1.807, 2.05) is 54.6 Å². The molecule has 0 aliphatic carbocycles. The number of benzene rings is 1. The van der Waals surface area contributed by atoms with Crippen LogP contribution in [0.3, 0.4) is 0 Å². The normalized spacial score (nSPS) is 10.7. The van der Waals surface area contributed by atoms with Crippen LogP contribution in [-0.2, 0) is 28.4 Å². The first-order valence-electron chi connectivity index (χ1n) is 8.38. The molecular formula is C21H20F2FeN2O2. The minimum atomic E-state index is -0.970. The molecule has 1 unspecified atom stereocenters. The molecule has 0 aliphatic rings. The van der Waals surface area contributed by atoms with Gasteiger partial charge in [-0.15, -0.1) is 0 Å². The maximum absolute atomic E-state index is 13.5. The predicted octanol–water partition coefficient (Wildman–Crippen LogP) is 3.52. The van der Waals surface area contributed by atoms with Crippen molar-refractivity contribution in [2.24, 2.45) is 0 Å². The third-order valence-electron chi connectivity index (χ3n) is 3.67. The third-order valence-corrected chi connectivity index (χ3v) is 3.67. The molecule has 0 saturated heterocycles. The number of nitrogens with one attached hydrogen (secondary N) is 2. The fourth-order valence-electron chi connectivity index (χ4n) is 2.21. The van der Waals surface area contributed by atoms with Gasteiger partial charge in [0.05, 0.1) is 5.56 Å². The van der Waals surface area contributed by atoms with Gasteiger partial charge in [0, 0.05) is 6.07 Å². The molecule has 2 amide bonds. The van der Waals surface area contributed by atoms with Crippen LogP contribution in [0.5, 0.6) is 0 Å². The summed E-state index contributed by atoms with van der Waals surface area (Å²) in [6, 6.07) is 19.2. The van der Waals surface area contributed by atoms with E-state index >= 15 is 0 Å². The molecule has 0 aromatic heterocycles. The van der Waals surface area contributed by atoms with Gasteiger partial charge in [-0.1, -0.05) is 0 Å². The van der Waals surface area contributed by atoms with Crippen LogP contribution in [0.4, 0.5) is 8.78 Å². The first kappa shape index (κ1) is 23.3. The molecule has 0 bridgehead atoms. The smallest absolute Gasteiger partial charge is 0.362 e. The van der Waals surface area contributed by atoms with E-state index in [2.05, 4.69) is 10.6 Å². The molecule has 0 saturated carbocycles. The number of amides is 2. The minimum Gasteiger partial charge on any atom is -0.362 e. The van der Waals surface area contributed by atoms with E-state index in [0.29, 0.717) is 12.6 Å². The van der Waals surface area contributed by atoms with Gasteiger partial charge in [0.15, 0.2) is 0 Å². The van der Waals surface area contributed by atoms with Crippen molar-refractivity contribution < 1.29 is 35.4 Å². The van der Waals surface area contributed by atoms with Crippen LogP contribution in [0.1, 0.15) is 22.8 Å². The summed E-state index contributed by atoms with van der Waals surface area (Å²) in [5.74, 6) is -2.90. The molecule has 7 heteroatoms. The standard InChI is InChI=1S/C16H15F2N2O2.C5H5.Fe/c1-10(15(21)19-9-11-4-2-3-5-11)20-16(22)13-7-6-12(17)8-14(13)18;1-2-4-5-3-1;/h2-8,10H,9H2,1H3,(H,19,21)(H,20,22);1-5H;/q2*-1;+2. The van der Waals surface area contributed by atoms with Crippen molar-refractivity contribution in [3.63, 3.8) is 0 Å². The molecule has 148 valence electrons. The maximum atomic E-state index is 13.5. The number of carbonyl (C=O) groups excluding carboxylic acids is 2. The average Bonchev–Trinajstić information content (AvgIpc) is 3.35. The minimum absolute atomic E-state index is 0. The fourth-order valence-corrected chi connectivity index (χ4v) is 2.21. The van der Waals surface area contributed by atoms with Gasteiger partial charge in [0.25, 0.3) is 5.91 Å². The van der Waals surface area contributed by atoms with Gasteiger partial charge in [-0.25, -0.2) is 27.0 Å². The van der Waals surface area contributed by atoms with E-state index in [0.717, 1.165) is 17.7 Å². The summed E-state index contributed by atoms with van der Waals surface area (Å²) in [6.07, 6.45) is 0. The Morgan fingerprint density at radius 2 is 1.79 bits per heavy atom. The van der Waals surface area contributed by atoms with Gasteiger partial charge in [-0.2, -0.15) is 42.0 Å². The van der Waals surface area contributed by atoms with Crippen LogP contribution in [0.15, 0.2) is 72.8 Å². The van der Waals surface area contributed by atoms with Crippen LogP contribution in [0.25, 0.3) is 0 Å². The van der Waals surface area contributed by atoms with Gasteiger partial charge in [0.1, 0.15) is 17.7 Å². The molecule has 1 atom stereocenters. The summed E-state index contributed by atoms with van der Waals surface area (Å²) < 4.78 is 26.3. The van der Waals surface area contributed by atoms with Crippen LogP contribution < -0.4 is 10.6 Å². The van der Waals surface area contributed by atoms with Gasteiger partial charge in [-0.3, -0.25) is 9.59 Å². The van der Waals surface area contributed by atoms with Crippen molar-refractivity contribution in [1.82, 2.24) is 10.6 Å². The molecule has 2 N–H and O–H groups in total. The van der Waals surface area contributed by atoms with Crippen LogP contribution in [-0.4, -0.2) is 17.9 Å². The van der Waals surface area contributed by atoms with Crippen LogP contribution in [0.2, 0.25) is 0 Å². The second kappa shape index (κ2) is 11.8. The zero-order valence-corrected chi connectivity index (χ0v) is 16.2. The van der Waals surface area contributed by atoms with Crippen molar-refractivity contribution in [2.75, 3.05) is 0 Å². The van der Waals surface area contributed by atoms with Gasteiger partial charge < -0.3 is 10.6 Å². The SMILES string of the molecule is CC(NC(=O)c1ccc(F)cc1F)C(=O)NCc1cc[cH-]c1.[Fe+2].c1cc[cH-]c1. The summed E-state index contributed by atoms with van der Waals surface area (Å²) in [6.45, 7) is 1.83. The summed E-state index contributed by atoms with van der Waals surface area (Å²) in [5.41, 5.74) is 0.633. The molecule has 0 radical (unpaired) electrons. The van der Waals surface area contributed by atoms with E-state index in [4.69, 9.17) is 0 Å². The van der Waals surface area contributed by atoms with E-state index in [1.165, 1.54) is 6.92 Å². The molecule has 3 aromatic rings. The Morgan fingerprint density at radius 1 is 1.07 bits per heavy atom. The molecule has 0 fully saturated rings. The molecule has 0 aliphatic heterocycles. The van der Waals surface area contributed by atoms with E-state index in [1.54, 1.807) is 0 Å². The molecule has 4 nitrogen and oxygen atoms in total. The molecule has 0 spiro atoms. The van der Waals surface area contributed by atoms with Gasteiger partial charge >= 0.3 is 17.1 Å². The molecule has 3 aromatic carbocycles. The zero-order chi connectivity index (χ0) is 19.6. The summed E-state index contributed by atoms with van der Waals surface area (Å²) in [4.78, 5) is 23.7. The Morgan fingerprint density at radius 3 is 2.32 bits per heavy atom. The Bertz CT molecular complexity index is 832. The van der Waals surface area contributed by atoms with Crippen molar-refractivity contribution >= 4 is 11.8 Å². The largest absolute Gasteiger partial charge is 2.00 e. The number of hydrogen-bond donors (Lipinski definition) is 2. The summed E-state index contributed by atoms with van der Waals surface area (Å²) in [7, 11) is 0. The topological polar surface area (TPSA) is 58.2 Å². The second-order valence-corrected chi connectivity index (χ2v) is 5.79. The molecule has 0 heterocycles. The van der Waals surface area contributed by atoms with E-state index in [9.17, 15) is 18.4 Å². The van der Waals surface area contributed by atoms with E-state index < -0.39 is 29.5 Å². The van der Waals surface area contributed by atoms with Crippen molar-refractivity contribution in [3.05, 3.63) is 95.6 Å². The second-order valence-electron chi connectivity index (χ2n) is 5.79. The molecule has 28 heavy (non-hydrogen) atoms. The first-order valence-corrected chi connectivity index (χ1v) is 8.38. The number of hydrogen-bond acceptors (Lipinski definition) is 2. The van der Waals surface area contributed by atoms with Gasteiger partial charge in [0.2, 0.25) is 5.91 Å². The van der Waals surface area contributed by atoms with Crippen LogP contribution >= 0.6 is 0 Å². The average molecular weight is 426 g/mol. The van der Waals surface area contributed by atoms with Crippen LogP contribution in [0, 0.1) is 11.6 Å². The summed E-state index contributed by atoms with van der Waals surface area (Å²) >= 11 is 0. The Hall–Kier alpha value is -2.76. The first-order chi connectivity index (χ1) is 13.0. The van der Waals surface area contributed by atoms with Crippen molar-refractivity contribution in [3.8, 4) is 0 Å². The number of rotatable bonds is 5. The fraction of sp³-hybridized carbons (Fsp3) is 0.143. The Balaban J connectivity index is 0.000000567. The predicted molar refractivity (Wildman–Crippen MR) is 99.2 cm³/mol. The van der Waals surface area contributed by atoms with Crippen molar-refractivity contribution in [2.45, 2.75) is 19.5 Å².